The van der Waals surface area contributed by atoms with E-state index in [1.807, 2.05) is 11.6 Å². The molecule has 2 aromatic rings. The van der Waals surface area contributed by atoms with Gasteiger partial charge < -0.3 is 19.5 Å². The normalized spacial score (nSPS) is 19.2. The van der Waals surface area contributed by atoms with Gasteiger partial charge in [0.15, 0.2) is 5.13 Å². The molecular weight excluding hydrogens is 286 g/mol. The molecule has 2 fully saturated rings. The molecule has 0 aromatic carbocycles. The maximum atomic E-state index is 5.63. The monoisotopic (exact) mass is 305 g/mol. The number of thiazole rings is 1. The quantitative estimate of drug-likeness (QED) is 0.907. The van der Waals surface area contributed by atoms with Crippen molar-refractivity contribution < 1.29 is 4.42 Å². The maximum Gasteiger partial charge on any atom is 0.297 e. The number of aromatic nitrogens is 2. The molecule has 0 atom stereocenters. The van der Waals surface area contributed by atoms with Crippen molar-refractivity contribution in [1.82, 2.24) is 15.3 Å². The SMILES string of the molecule is c1csc(N2CCN(c3nc(CNC4CC4)co3)CC2)n1. The van der Waals surface area contributed by atoms with Gasteiger partial charge >= 0.3 is 0 Å². The molecule has 1 aliphatic carbocycles. The third-order valence-electron chi connectivity index (χ3n) is 3.93. The molecule has 0 amide bonds. The van der Waals surface area contributed by atoms with E-state index in [0.717, 1.165) is 49.6 Å². The van der Waals surface area contributed by atoms with Crippen LogP contribution in [0.3, 0.4) is 0 Å². The summed E-state index contributed by atoms with van der Waals surface area (Å²) in [6.07, 6.45) is 6.23. The van der Waals surface area contributed by atoms with Gasteiger partial charge in [-0.25, -0.2) is 4.98 Å². The van der Waals surface area contributed by atoms with Crippen molar-refractivity contribution in [1.29, 1.82) is 0 Å². The Labute approximate surface area is 127 Å². The topological polar surface area (TPSA) is 57.4 Å². The molecule has 0 radical (unpaired) electrons. The van der Waals surface area contributed by atoms with Crippen LogP contribution in [0, 0.1) is 0 Å². The molecular formula is C14H19N5OS. The zero-order valence-electron chi connectivity index (χ0n) is 11.9. The Morgan fingerprint density at radius 2 is 2.05 bits per heavy atom. The first kappa shape index (κ1) is 13.1. The molecule has 1 saturated carbocycles. The molecule has 0 spiro atoms. The fourth-order valence-electron chi connectivity index (χ4n) is 2.52. The van der Waals surface area contributed by atoms with Gasteiger partial charge in [-0.15, -0.1) is 11.3 Å². The van der Waals surface area contributed by atoms with E-state index in [0.29, 0.717) is 6.04 Å². The lowest BCUT2D eigenvalue weighted by Gasteiger charge is -2.33. The average Bonchev–Trinajstić information content (AvgIpc) is 3.03. The van der Waals surface area contributed by atoms with E-state index in [-0.39, 0.29) is 0 Å². The summed E-state index contributed by atoms with van der Waals surface area (Å²) in [7, 11) is 0. The van der Waals surface area contributed by atoms with Gasteiger partial charge in [-0.05, 0) is 12.8 Å². The second-order valence-electron chi connectivity index (χ2n) is 5.57. The van der Waals surface area contributed by atoms with Gasteiger partial charge in [-0.2, -0.15) is 4.98 Å². The molecule has 2 aromatic heterocycles. The minimum atomic E-state index is 0.701. The first-order valence-corrected chi connectivity index (χ1v) is 8.33. The van der Waals surface area contributed by atoms with E-state index in [9.17, 15) is 0 Å². The molecule has 1 saturated heterocycles. The summed E-state index contributed by atoms with van der Waals surface area (Å²) in [4.78, 5) is 13.5. The summed E-state index contributed by atoms with van der Waals surface area (Å²) in [5.74, 6) is 0. The highest BCUT2D eigenvalue weighted by molar-refractivity contribution is 7.13. The van der Waals surface area contributed by atoms with E-state index in [1.165, 1.54) is 12.8 Å². The number of piperazine rings is 1. The highest BCUT2D eigenvalue weighted by Crippen LogP contribution is 2.22. The minimum Gasteiger partial charge on any atom is -0.432 e. The number of nitrogens with zero attached hydrogens (tertiary/aromatic N) is 4. The zero-order valence-corrected chi connectivity index (χ0v) is 12.7. The Balaban J connectivity index is 1.32. The Kier molecular flexibility index (Phi) is 3.52. The zero-order chi connectivity index (χ0) is 14.1. The highest BCUT2D eigenvalue weighted by Gasteiger charge is 2.23. The van der Waals surface area contributed by atoms with Crippen LogP contribution in [0.5, 0.6) is 0 Å². The number of nitrogens with one attached hydrogen (secondary N) is 1. The molecule has 6 nitrogen and oxygen atoms in total. The molecule has 112 valence electrons. The number of hydrogen-bond acceptors (Lipinski definition) is 7. The summed E-state index contributed by atoms with van der Waals surface area (Å²) in [5.41, 5.74) is 0.999. The first-order valence-electron chi connectivity index (χ1n) is 7.46. The van der Waals surface area contributed by atoms with Crippen molar-refractivity contribution in [3.8, 4) is 0 Å². The fraction of sp³-hybridized carbons (Fsp3) is 0.571. The summed E-state index contributed by atoms with van der Waals surface area (Å²) in [5, 5.41) is 6.59. The number of rotatable bonds is 5. The highest BCUT2D eigenvalue weighted by atomic mass is 32.1. The van der Waals surface area contributed by atoms with Gasteiger partial charge in [0.1, 0.15) is 6.26 Å². The Hall–Kier alpha value is -1.60. The molecule has 0 bridgehead atoms. The molecule has 7 heteroatoms. The summed E-state index contributed by atoms with van der Waals surface area (Å²) >= 11 is 1.69. The van der Waals surface area contributed by atoms with Crippen molar-refractivity contribution in [3.05, 3.63) is 23.5 Å². The third kappa shape index (κ3) is 3.03. The standard InChI is InChI=1S/C14H19N5OS/c1-2-11(1)16-9-12-10-20-13(17-12)18-4-6-19(7-5-18)14-15-3-8-21-14/h3,8,10-11,16H,1-2,4-7,9H2. The van der Waals surface area contributed by atoms with Crippen molar-refractivity contribution >= 4 is 22.5 Å². The lowest BCUT2D eigenvalue weighted by atomic mass is 10.3. The largest absolute Gasteiger partial charge is 0.432 e. The summed E-state index contributed by atoms with van der Waals surface area (Å²) in [6.45, 7) is 4.59. The smallest absolute Gasteiger partial charge is 0.297 e. The number of oxazole rings is 1. The molecule has 4 rings (SSSR count). The second kappa shape index (κ2) is 5.65. The lowest BCUT2D eigenvalue weighted by molar-refractivity contribution is 0.515. The summed E-state index contributed by atoms with van der Waals surface area (Å²) < 4.78 is 5.63. The molecule has 21 heavy (non-hydrogen) atoms. The van der Waals surface area contributed by atoms with Gasteiger partial charge in [0.2, 0.25) is 0 Å². The Morgan fingerprint density at radius 3 is 2.76 bits per heavy atom. The van der Waals surface area contributed by atoms with E-state index in [2.05, 4.69) is 25.1 Å². The van der Waals surface area contributed by atoms with E-state index < -0.39 is 0 Å². The third-order valence-corrected chi connectivity index (χ3v) is 4.76. The van der Waals surface area contributed by atoms with Crippen molar-refractivity contribution in [2.75, 3.05) is 36.0 Å². The van der Waals surface area contributed by atoms with Crippen LogP contribution in [0.15, 0.2) is 22.3 Å². The second-order valence-corrected chi connectivity index (χ2v) is 6.44. The van der Waals surface area contributed by atoms with Crippen LogP contribution in [-0.4, -0.2) is 42.2 Å². The van der Waals surface area contributed by atoms with Crippen LogP contribution in [0.1, 0.15) is 18.5 Å². The van der Waals surface area contributed by atoms with Crippen molar-refractivity contribution in [2.45, 2.75) is 25.4 Å². The predicted octanol–water partition coefficient (Wildman–Crippen LogP) is 1.71. The fourth-order valence-corrected chi connectivity index (χ4v) is 3.22. The average molecular weight is 305 g/mol. The van der Waals surface area contributed by atoms with E-state index in [1.54, 1.807) is 17.6 Å². The van der Waals surface area contributed by atoms with E-state index in [4.69, 9.17) is 4.42 Å². The van der Waals surface area contributed by atoms with Crippen LogP contribution in [0.25, 0.3) is 0 Å². The maximum absolute atomic E-state index is 5.63. The van der Waals surface area contributed by atoms with Crippen LogP contribution in [0.4, 0.5) is 11.1 Å². The van der Waals surface area contributed by atoms with Crippen LogP contribution in [0.2, 0.25) is 0 Å². The number of anilines is 2. The van der Waals surface area contributed by atoms with Crippen LogP contribution >= 0.6 is 11.3 Å². The molecule has 0 unspecified atom stereocenters. The Bertz CT molecular complexity index is 572. The lowest BCUT2D eigenvalue weighted by Crippen LogP contribution is -2.46. The van der Waals surface area contributed by atoms with Gasteiger partial charge in [0.05, 0.1) is 5.69 Å². The van der Waals surface area contributed by atoms with Crippen LogP contribution < -0.4 is 15.1 Å². The first-order chi connectivity index (χ1) is 10.4. The van der Waals surface area contributed by atoms with Crippen LogP contribution in [-0.2, 0) is 6.54 Å². The van der Waals surface area contributed by atoms with Gasteiger partial charge in [0, 0.05) is 50.3 Å². The van der Waals surface area contributed by atoms with Crippen molar-refractivity contribution in [2.24, 2.45) is 0 Å². The summed E-state index contributed by atoms with van der Waals surface area (Å²) in [6, 6.07) is 1.45. The van der Waals surface area contributed by atoms with Crippen molar-refractivity contribution in [3.63, 3.8) is 0 Å². The molecule has 3 heterocycles. The van der Waals surface area contributed by atoms with Gasteiger partial charge in [-0.3, -0.25) is 0 Å². The van der Waals surface area contributed by atoms with E-state index >= 15 is 0 Å². The minimum absolute atomic E-state index is 0.701. The predicted molar refractivity (Wildman–Crippen MR) is 82.9 cm³/mol. The Morgan fingerprint density at radius 1 is 1.24 bits per heavy atom. The van der Waals surface area contributed by atoms with Gasteiger partial charge in [0.25, 0.3) is 6.01 Å². The molecule has 2 aliphatic rings. The molecule has 1 N–H and O–H groups in total. The molecule has 1 aliphatic heterocycles. The van der Waals surface area contributed by atoms with Gasteiger partial charge in [-0.1, -0.05) is 0 Å². The number of hydrogen-bond donors (Lipinski definition) is 1.